The number of nitrogens with zero attached hydrogens (tertiary/aromatic N) is 1. The number of hydrogen-bond donors (Lipinski definition) is 0. The molecule has 1 heterocycles. The second-order valence-corrected chi connectivity index (χ2v) is 7.21. The standard InChI is InChI=1S/C18H21NO4S2/c1-3-5-6-14(17(21)22)19-16(20)15(25-18(19)24)11-12-7-9-13(10-8-12)23-4-2/h7-11,14H,3-6H2,1-2H3,(H,21,22)/p-1/b15-11-/t14-/m0/s1. The summed E-state index contributed by atoms with van der Waals surface area (Å²) in [6.45, 7) is 4.45. The molecule has 0 bridgehead atoms. The lowest BCUT2D eigenvalue weighted by molar-refractivity contribution is -0.310. The Morgan fingerprint density at radius 2 is 2.04 bits per heavy atom. The molecule has 0 aliphatic carbocycles. The van der Waals surface area contributed by atoms with Crippen molar-refractivity contribution < 1.29 is 19.4 Å². The van der Waals surface area contributed by atoms with Crippen LogP contribution in [-0.4, -0.2) is 33.7 Å². The summed E-state index contributed by atoms with van der Waals surface area (Å²) in [7, 11) is 0. The minimum Gasteiger partial charge on any atom is -0.548 e. The lowest BCUT2D eigenvalue weighted by atomic mass is 10.1. The molecule has 1 atom stereocenters. The Kier molecular flexibility index (Phi) is 7.01. The number of thioether (sulfide) groups is 1. The summed E-state index contributed by atoms with van der Waals surface area (Å²) in [5.74, 6) is -0.898. The van der Waals surface area contributed by atoms with Gasteiger partial charge < -0.3 is 14.6 Å². The Bertz CT molecular complexity index is 685. The van der Waals surface area contributed by atoms with Crippen molar-refractivity contribution in [2.24, 2.45) is 0 Å². The number of amides is 1. The van der Waals surface area contributed by atoms with Gasteiger partial charge in [0.25, 0.3) is 5.91 Å². The van der Waals surface area contributed by atoms with Crippen molar-refractivity contribution in [1.29, 1.82) is 0 Å². The zero-order valence-corrected chi connectivity index (χ0v) is 15.8. The maximum atomic E-state index is 12.6. The smallest absolute Gasteiger partial charge is 0.266 e. The van der Waals surface area contributed by atoms with E-state index in [2.05, 4.69) is 0 Å². The summed E-state index contributed by atoms with van der Waals surface area (Å²) in [5, 5.41) is 11.4. The molecule has 1 aromatic rings. The Balaban J connectivity index is 2.20. The molecule has 0 radical (unpaired) electrons. The van der Waals surface area contributed by atoms with Crippen LogP contribution in [0.1, 0.15) is 38.7 Å². The molecule has 0 aromatic heterocycles. The van der Waals surface area contributed by atoms with Gasteiger partial charge in [-0.1, -0.05) is 55.9 Å². The van der Waals surface area contributed by atoms with Gasteiger partial charge >= 0.3 is 0 Å². The topological polar surface area (TPSA) is 69.7 Å². The van der Waals surface area contributed by atoms with Gasteiger partial charge in [0.15, 0.2) is 0 Å². The first-order valence-corrected chi connectivity index (χ1v) is 9.41. The van der Waals surface area contributed by atoms with E-state index in [0.717, 1.165) is 29.5 Å². The summed E-state index contributed by atoms with van der Waals surface area (Å²) >= 11 is 6.34. The van der Waals surface area contributed by atoms with Crippen LogP contribution in [0.5, 0.6) is 5.75 Å². The third-order valence-electron chi connectivity index (χ3n) is 3.73. The van der Waals surface area contributed by atoms with Gasteiger partial charge in [-0.25, -0.2) is 0 Å². The SMILES string of the molecule is CCCC[C@@H](C(=O)[O-])N1C(=O)/C(=C/c2ccc(OCC)cc2)SC1=S. The summed E-state index contributed by atoms with van der Waals surface area (Å²) in [4.78, 5) is 25.7. The zero-order valence-electron chi connectivity index (χ0n) is 14.2. The number of aliphatic carboxylic acids is 1. The van der Waals surface area contributed by atoms with Gasteiger partial charge in [-0.2, -0.15) is 0 Å². The Morgan fingerprint density at radius 1 is 1.36 bits per heavy atom. The highest BCUT2D eigenvalue weighted by Gasteiger charge is 2.37. The molecule has 7 heteroatoms. The molecule has 5 nitrogen and oxygen atoms in total. The monoisotopic (exact) mass is 378 g/mol. The van der Waals surface area contributed by atoms with Gasteiger partial charge in [0.2, 0.25) is 0 Å². The van der Waals surface area contributed by atoms with Crippen LogP contribution >= 0.6 is 24.0 Å². The van der Waals surface area contributed by atoms with Crippen molar-refractivity contribution in [3.05, 3.63) is 34.7 Å². The molecule has 1 saturated heterocycles. The fraction of sp³-hybridized carbons (Fsp3) is 0.389. The normalized spacial score (nSPS) is 17.2. The largest absolute Gasteiger partial charge is 0.548 e. The molecule has 1 aliphatic rings. The van der Waals surface area contributed by atoms with Crippen LogP contribution in [0.25, 0.3) is 6.08 Å². The first kappa shape index (κ1) is 19.5. The highest BCUT2D eigenvalue weighted by atomic mass is 32.2. The summed E-state index contributed by atoms with van der Waals surface area (Å²) in [6.07, 6.45) is 3.57. The second-order valence-electron chi connectivity index (χ2n) is 5.53. The van der Waals surface area contributed by atoms with E-state index in [9.17, 15) is 14.7 Å². The van der Waals surface area contributed by atoms with Crippen molar-refractivity contribution in [3.63, 3.8) is 0 Å². The van der Waals surface area contributed by atoms with Gasteiger partial charge in [0.05, 0.1) is 23.5 Å². The number of carbonyl (C=O) groups is 2. The number of thiocarbonyl (C=S) groups is 1. The molecule has 0 unspecified atom stereocenters. The number of hydrogen-bond acceptors (Lipinski definition) is 6. The molecule has 2 rings (SSSR count). The average molecular weight is 378 g/mol. The molecular weight excluding hydrogens is 358 g/mol. The van der Waals surface area contributed by atoms with Gasteiger partial charge in [0, 0.05) is 0 Å². The van der Waals surface area contributed by atoms with Gasteiger partial charge in [0.1, 0.15) is 10.1 Å². The van der Waals surface area contributed by atoms with E-state index in [0.29, 0.717) is 24.4 Å². The summed E-state index contributed by atoms with van der Waals surface area (Å²) in [6, 6.07) is 6.30. The Hall–Kier alpha value is -1.86. The number of carboxylic acid groups (broad SMARTS) is 1. The van der Waals surface area contributed by atoms with Gasteiger partial charge in [-0.15, -0.1) is 0 Å². The van der Waals surface area contributed by atoms with Gasteiger partial charge in [-0.3, -0.25) is 9.69 Å². The third-order valence-corrected chi connectivity index (χ3v) is 5.06. The van der Waals surface area contributed by atoms with Crippen molar-refractivity contribution in [2.45, 2.75) is 39.2 Å². The molecular formula is C18H20NO4S2-. The predicted octanol–water partition coefficient (Wildman–Crippen LogP) is 2.60. The van der Waals surface area contributed by atoms with Crippen molar-refractivity contribution in [2.75, 3.05) is 6.61 Å². The number of carbonyl (C=O) groups excluding carboxylic acids is 2. The summed E-state index contributed by atoms with van der Waals surface area (Å²) in [5.41, 5.74) is 0.822. The third kappa shape index (κ3) is 4.83. The lowest BCUT2D eigenvalue weighted by Crippen LogP contribution is -2.49. The number of unbranched alkanes of at least 4 members (excludes halogenated alkanes) is 1. The fourth-order valence-electron chi connectivity index (χ4n) is 2.48. The van der Waals surface area contributed by atoms with Crippen molar-refractivity contribution >= 4 is 46.3 Å². The fourth-order valence-corrected chi connectivity index (χ4v) is 3.83. The molecule has 1 fully saturated rings. The average Bonchev–Trinajstić information content (AvgIpc) is 2.84. The first-order chi connectivity index (χ1) is 12.0. The minimum atomic E-state index is -1.27. The Morgan fingerprint density at radius 3 is 2.60 bits per heavy atom. The molecule has 134 valence electrons. The van der Waals surface area contributed by atoms with Crippen LogP contribution in [0.3, 0.4) is 0 Å². The van der Waals surface area contributed by atoms with Crippen molar-refractivity contribution in [3.8, 4) is 5.75 Å². The summed E-state index contributed by atoms with van der Waals surface area (Å²) < 4.78 is 5.64. The van der Waals surface area contributed by atoms with E-state index in [-0.39, 0.29) is 10.2 Å². The maximum Gasteiger partial charge on any atom is 0.266 e. The van der Waals surface area contributed by atoms with Crippen LogP contribution in [0.2, 0.25) is 0 Å². The molecule has 1 aliphatic heterocycles. The first-order valence-electron chi connectivity index (χ1n) is 8.18. The maximum absolute atomic E-state index is 12.6. The van der Waals surface area contributed by atoms with Crippen LogP contribution in [-0.2, 0) is 9.59 Å². The van der Waals surface area contributed by atoms with E-state index in [1.54, 1.807) is 6.08 Å². The predicted molar refractivity (Wildman–Crippen MR) is 101 cm³/mol. The van der Waals surface area contributed by atoms with E-state index in [4.69, 9.17) is 17.0 Å². The molecule has 0 saturated carbocycles. The van der Waals surface area contributed by atoms with Crippen LogP contribution < -0.4 is 9.84 Å². The van der Waals surface area contributed by atoms with Crippen molar-refractivity contribution in [1.82, 2.24) is 4.90 Å². The van der Waals surface area contributed by atoms with Crippen LogP contribution in [0.4, 0.5) is 0 Å². The number of carboxylic acids is 1. The second kappa shape index (κ2) is 9.01. The highest BCUT2D eigenvalue weighted by molar-refractivity contribution is 8.26. The highest BCUT2D eigenvalue weighted by Crippen LogP contribution is 2.35. The molecule has 1 amide bonds. The zero-order chi connectivity index (χ0) is 18.4. The van der Waals surface area contributed by atoms with Crippen LogP contribution in [0.15, 0.2) is 29.2 Å². The molecule has 0 N–H and O–H groups in total. The number of benzene rings is 1. The lowest BCUT2D eigenvalue weighted by Gasteiger charge is -2.27. The van der Waals surface area contributed by atoms with E-state index in [1.165, 1.54) is 4.90 Å². The number of ether oxygens (including phenoxy) is 1. The minimum absolute atomic E-state index is 0.257. The van der Waals surface area contributed by atoms with Crippen LogP contribution in [0, 0.1) is 0 Å². The van der Waals surface area contributed by atoms with E-state index < -0.39 is 12.0 Å². The Labute approximate surface area is 157 Å². The molecule has 25 heavy (non-hydrogen) atoms. The van der Waals surface area contributed by atoms with E-state index >= 15 is 0 Å². The quantitative estimate of drug-likeness (QED) is 0.512. The van der Waals surface area contributed by atoms with E-state index in [1.807, 2.05) is 38.1 Å². The molecule has 0 spiro atoms. The molecule has 1 aromatic carbocycles. The number of rotatable bonds is 8. The van der Waals surface area contributed by atoms with Gasteiger partial charge in [-0.05, 0) is 37.1 Å².